The Balaban J connectivity index is 1.43. The Morgan fingerprint density at radius 2 is 2.03 bits per heavy atom. The first kappa shape index (κ1) is 19.9. The molecule has 1 fully saturated rings. The van der Waals surface area contributed by atoms with Gasteiger partial charge in [-0.1, -0.05) is 10.4 Å². The normalized spacial score (nSPS) is 17.2. The third-order valence-electron chi connectivity index (χ3n) is 4.66. The fraction of sp³-hybridized carbons (Fsp3) is 0.389. The van der Waals surface area contributed by atoms with Gasteiger partial charge in [0.25, 0.3) is 5.91 Å². The van der Waals surface area contributed by atoms with E-state index in [-0.39, 0.29) is 23.3 Å². The molecule has 0 radical (unpaired) electrons. The zero-order valence-electron chi connectivity index (χ0n) is 15.8. The molecule has 12 heteroatoms. The number of alkyl halides is 3. The highest BCUT2D eigenvalue weighted by Crippen LogP contribution is 2.26. The van der Waals surface area contributed by atoms with Crippen LogP contribution in [-0.4, -0.2) is 55.4 Å². The van der Waals surface area contributed by atoms with Gasteiger partial charge in [0.05, 0.1) is 12.2 Å². The average molecular weight is 422 g/mol. The van der Waals surface area contributed by atoms with E-state index in [0.29, 0.717) is 30.5 Å². The van der Waals surface area contributed by atoms with Gasteiger partial charge >= 0.3 is 6.36 Å². The zero-order chi connectivity index (χ0) is 21.3. The molecule has 158 valence electrons. The van der Waals surface area contributed by atoms with E-state index in [0.717, 1.165) is 25.0 Å². The van der Waals surface area contributed by atoms with E-state index in [1.165, 1.54) is 12.1 Å². The fourth-order valence-corrected chi connectivity index (χ4v) is 3.30. The number of halogens is 3. The van der Waals surface area contributed by atoms with E-state index in [1.54, 1.807) is 22.7 Å². The smallest absolute Gasteiger partial charge is 0.406 e. The van der Waals surface area contributed by atoms with Gasteiger partial charge in [-0.25, -0.2) is 4.68 Å². The number of hydrogen-bond donors (Lipinski definition) is 0. The fourth-order valence-electron chi connectivity index (χ4n) is 3.30. The number of piperidine rings is 1. The molecule has 1 atom stereocenters. The molecule has 1 amide bonds. The number of hydrogen-bond acceptors (Lipinski definition) is 7. The summed E-state index contributed by atoms with van der Waals surface area (Å²) in [5, 5.41) is 12.0. The summed E-state index contributed by atoms with van der Waals surface area (Å²) in [5.74, 6) is 0.110. The van der Waals surface area contributed by atoms with Crippen molar-refractivity contribution < 1.29 is 27.2 Å². The molecular formula is C18H17F3N6O3. The lowest BCUT2D eigenvalue weighted by Gasteiger charge is -2.32. The number of aromatic nitrogens is 5. The quantitative estimate of drug-likeness (QED) is 0.637. The Morgan fingerprint density at radius 1 is 1.27 bits per heavy atom. The Bertz CT molecular complexity index is 1030. The second-order valence-electron chi connectivity index (χ2n) is 6.84. The first-order valence-electron chi connectivity index (χ1n) is 9.16. The molecule has 1 aromatic carbocycles. The van der Waals surface area contributed by atoms with E-state index >= 15 is 0 Å². The van der Waals surface area contributed by atoms with Gasteiger partial charge in [0, 0.05) is 25.6 Å². The Morgan fingerprint density at radius 3 is 2.70 bits per heavy atom. The second-order valence-corrected chi connectivity index (χ2v) is 6.84. The van der Waals surface area contributed by atoms with Crippen molar-refractivity contribution >= 4 is 5.91 Å². The van der Waals surface area contributed by atoms with Crippen molar-refractivity contribution in [3.63, 3.8) is 0 Å². The zero-order valence-corrected chi connectivity index (χ0v) is 15.8. The number of amides is 1. The van der Waals surface area contributed by atoms with Gasteiger partial charge in [0.2, 0.25) is 11.7 Å². The van der Waals surface area contributed by atoms with Crippen molar-refractivity contribution in [2.24, 2.45) is 0 Å². The summed E-state index contributed by atoms with van der Waals surface area (Å²) in [4.78, 5) is 18.5. The van der Waals surface area contributed by atoms with E-state index in [9.17, 15) is 18.0 Å². The molecule has 9 nitrogen and oxygen atoms in total. The largest absolute Gasteiger partial charge is 0.573 e. The van der Waals surface area contributed by atoms with E-state index in [4.69, 9.17) is 4.52 Å². The summed E-state index contributed by atoms with van der Waals surface area (Å²) in [7, 11) is 0. The molecular weight excluding hydrogens is 405 g/mol. The van der Waals surface area contributed by atoms with Gasteiger partial charge in [-0.3, -0.25) is 4.79 Å². The number of nitrogens with zero attached hydrogens (tertiary/aromatic N) is 6. The highest BCUT2D eigenvalue weighted by atomic mass is 19.4. The summed E-state index contributed by atoms with van der Waals surface area (Å²) in [6.45, 7) is 2.61. The Hall–Kier alpha value is -3.44. The summed E-state index contributed by atoms with van der Waals surface area (Å²) in [6, 6.07) is 4.79. The van der Waals surface area contributed by atoms with Gasteiger partial charge in [0.1, 0.15) is 5.75 Å². The molecule has 4 rings (SSSR count). The maximum absolute atomic E-state index is 12.8. The molecule has 0 bridgehead atoms. The van der Waals surface area contributed by atoms with Crippen LogP contribution in [0.5, 0.6) is 5.75 Å². The van der Waals surface area contributed by atoms with Gasteiger partial charge in [-0.05, 0) is 37.1 Å². The maximum atomic E-state index is 12.8. The van der Waals surface area contributed by atoms with Crippen molar-refractivity contribution in [3.05, 3.63) is 41.9 Å². The molecule has 1 saturated heterocycles. The van der Waals surface area contributed by atoms with Crippen LogP contribution < -0.4 is 4.74 Å². The summed E-state index contributed by atoms with van der Waals surface area (Å²) in [5.41, 5.74) is 0.752. The van der Waals surface area contributed by atoms with Crippen molar-refractivity contribution in [1.29, 1.82) is 0 Å². The third kappa shape index (κ3) is 4.42. The van der Waals surface area contributed by atoms with Crippen LogP contribution in [0.2, 0.25) is 0 Å². The van der Waals surface area contributed by atoms with Crippen molar-refractivity contribution in [2.75, 3.05) is 13.1 Å². The lowest BCUT2D eigenvalue weighted by Crippen LogP contribution is -2.40. The molecule has 0 spiro atoms. The summed E-state index contributed by atoms with van der Waals surface area (Å²) in [6.07, 6.45) is -1.52. The van der Waals surface area contributed by atoms with Crippen LogP contribution in [0, 0.1) is 6.92 Å². The molecule has 30 heavy (non-hydrogen) atoms. The van der Waals surface area contributed by atoms with Crippen LogP contribution in [0.1, 0.15) is 35.1 Å². The Kier molecular flexibility index (Phi) is 5.14. The van der Waals surface area contributed by atoms with Crippen LogP contribution in [0.4, 0.5) is 13.2 Å². The van der Waals surface area contributed by atoms with Gasteiger partial charge in [-0.15, -0.1) is 18.3 Å². The lowest BCUT2D eigenvalue weighted by molar-refractivity contribution is -0.274. The number of benzene rings is 1. The number of ether oxygens (including phenoxy) is 1. The van der Waals surface area contributed by atoms with E-state index in [2.05, 4.69) is 25.2 Å². The molecule has 0 saturated carbocycles. The molecule has 1 aliphatic rings. The lowest BCUT2D eigenvalue weighted by atomic mass is 10.0. The Labute approximate surface area is 168 Å². The van der Waals surface area contributed by atoms with Crippen molar-refractivity contribution in [2.45, 2.75) is 32.2 Å². The number of likely N-dealkylation sites (tertiary alicyclic amines) is 1. The second kappa shape index (κ2) is 7.76. The first-order chi connectivity index (χ1) is 14.3. The van der Waals surface area contributed by atoms with Crippen LogP contribution in [-0.2, 0) is 0 Å². The predicted octanol–water partition coefficient (Wildman–Crippen LogP) is 3.01. The van der Waals surface area contributed by atoms with Gasteiger partial charge < -0.3 is 14.2 Å². The predicted molar refractivity (Wildman–Crippen MR) is 95.4 cm³/mol. The van der Waals surface area contributed by atoms with Gasteiger partial charge in [0.15, 0.2) is 5.69 Å². The van der Waals surface area contributed by atoms with Crippen LogP contribution >= 0.6 is 0 Å². The third-order valence-corrected chi connectivity index (χ3v) is 4.66. The van der Waals surface area contributed by atoms with Crippen molar-refractivity contribution in [1.82, 2.24) is 30.0 Å². The molecule has 1 aliphatic heterocycles. The SMILES string of the molecule is Cc1nc(-c2cn([C@H]3CCCN(C(=O)c4ccc(OC(F)(F)F)cc4)C3)nn2)no1. The number of aryl methyl sites for hydroxylation is 1. The first-order valence-corrected chi connectivity index (χ1v) is 9.16. The van der Waals surface area contributed by atoms with Crippen molar-refractivity contribution in [3.8, 4) is 17.3 Å². The number of rotatable bonds is 4. The summed E-state index contributed by atoms with van der Waals surface area (Å²) >= 11 is 0. The molecule has 3 heterocycles. The van der Waals surface area contributed by atoms with E-state index < -0.39 is 6.36 Å². The minimum atomic E-state index is -4.78. The topological polar surface area (TPSA) is 99.2 Å². The summed E-state index contributed by atoms with van der Waals surface area (Å²) < 4.78 is 47.3. The van der Waals surface area contributed by atoms with Crippen LogP contribution in [0.25, 0.3) is 11.5 Å². The van der Waals surface area contributed by atoms with Gasteiger partial charge in [-0.2, -0.15) is 4.98 Å². The van der Waals surface area contributed by atoms with Crippen LogP contribution in [0.15, 0.2) is 35.0 Å². The van der Waals surface area contributed by atoms with Crippen LogP contribution in [0.3, 0.4) is 0 Å². The van der Waals surface area contributed by atoms with E-state index in [1.807, 2.05) is 0 Å². The molecule has 0 aliphatic carbocycles. The standard InChI is InChI=1S/C18H17F3N6O3/c1-11-22-16(24-30-11)15-10-27(25-23-15)13-3-2-8-26(9-13)17(28)12-4-6-14(7-5-12)29-18(19,20)21/h4-7,10,13H,2-3,8-9H2,1H3/t13-/m0/s1. The molecule has 0 N–H and O–H groups in total. The monoisotopic (exact) mass is 422 g/mol. The average Bonchev–Trinajstić information content (AvgIpc) is 3.36. The highest BCUT2D eigenvalue weighted by molar-refractivity contribution is 5.94. The highest BCUT2D eigenvalue weighted by Gasteiger charge is 2.31. The minimum absolute atomic E-state index is 0.0928. The number of carbonyl (C=O) groups is 1. The number of carbonyl (C=O) groups excluding carboxylic acids is 1. The molecule has 2 aromatic heterocycles. The maximum Gasteiger partial charge on any atom is 0.573 e. The minimum Gasteiger partial charge on any atom is -0.406 e. The molecule has 3 aromatic rings. The molecule has 0 unspecified atom stereocenters.